The lowest BCUT2D eigenvalue weighted by molar-refractivity contribution is 0.0696. The highest BCUT2D eigenvalue weighted by Crippen LogP contribution is 2.19. The zero-order chi connectivity index (χ0) is 17.1. The van der Waals surface area contributed by atoms with Crippen LogP contribution in [0.2, 0.25) is 0 Å². The molecule has 2 aromatic rings. The first-order valence-electron chi connectivity index (χ1n) is 7.94. The Bertz CT molecular complexity index is 854. The molecule has 0 bridgehead atoms. The largest absolute Gasteiger partial charge is 0.478 e. The predicted octanol–water partition coefficient (Wildman–Crippen LogP) is 2.59. The smallest absolute Gasteiger partial charge is 0.335 e. The number of H-pyrrole nitrogens is 1. The molecule has 0 unspecified atom stereocenters. The summed E-state index contributed by atoms with van der Waals surface area (Å²) >= 11 is 0. The molecule has 3 N–H and O–H groups in total. The van der Waals surface area contributed by atoms with E-state index in [1.165, 1.54) is 12.1 Å². The van der Waals surface area contributed by atoms with Gasteiger partial charge in [-0.05, 0) is 55.5 Å². The quantitative estimate of drug-likeness (QED) is 0.755. The van der Waals surface area contributed by atoms with Gasteiger partial charge in [0.25, 0.3) is 11.5 Å². The molecule has 0 spiro atoms. The van der Waals surface area contributed by atoms with E-state index in [9.17, 15) is 14.4 Å². The number of carboxylic acids is 1. The monoisotopic (exact) mass is 326 g/mol. The standard InChI is InChI=1S/C18H18N2O4/c21-16(19-13-7-4-6-12(9-13)18(23)24)14-10-11-5-2-1-3-8-15(11)20-17(14)22/h4,6-7,9-10H,1-3,5,8H2,(H,19,21)(H,20,22)(H,23,24). The van der Waals surface area contributed by atoms with Crippen LogP contribution < -0.4 is 10.9 Å². The van der Waals surface area contributed by atoms with Crippen molar-refractivity contribution in [3.05, 3.63) is 63.1 Å². The summed E-state index contributed by atoms with van der Waals surface area (Å²) in [7, 11) is 0. The van der Waals surface area contributed by atoms with Crippen molar-refractivity contribution in [2.45, 2.75) is 32.1 Å². The van der Waals surface area contributed by atoms with Gasteiger partial charge in [-0.15, -0.1) is 0 Å². The molecule has 1 aliphatic rings. The van der Waals surface area contributed by atoms with Gasteiger partial charge < -0.3 is 15.4 Å². The van der Waals surface area contributed by atoms with Crippen LogP contribution in [0.4, 0.5) is 5.69 Å². The van der Waals surface area contributed by atoms with Crippen LogP contribution >= 0.6 is 0 Å². The number of carbonyl (C=O) groups is 2. The Balaban J connectivity index is 1.88. The van der Waals surface area contributed by atoms with E-state index in [4.69, 9.17) is 5.11 Å². The van der Waals surface area contributed by atoms with Crippen LogP contribution in [0, 0.1) is 0 Å². The minimum atomic E-state index is -1.08. The molecule has 0 saturated carbocycles. The number of hydrogen-bond acceptors (Lipinski definition) is 3. The molecule has 6 heteroatoms. The number of benzene rings is 1. The Labute approximate surface area is 138 Å². The highest BCUT2D eigenvalue weighted by atomic mass is 16.4. The first kappa shape index (κ1) is 16.0. The molecule has 3 rings (SSSR count). The van der Waals surface area contributed by atoms with Crippen LogP contribution in [-0.2, 0) is 12.8 Å². The lowest BCUT2D eigenvalue weighted by Gasteiger charge is -2.09. The first-order chi connectivity index (χ1) is 11.5. The van der Waals surface area contributed by atoms with Gasteiger partial charge in [0.15, 0.2) is 0 Å². The number of aromatic nitrogens is 1. The number of nitrogens with one attached hydrogen (secondary N) is 2. The second kappa shape index (κ2) is 6.70. The number of aromatic amines is 1. The molecule has 1 amide bonds. The van der Waals surface area contributed by atoms with Gasteiger partial charge in [0.2, 0.25) is 0 Å². The molecule has 6 nitrogen and oxygen atoms in total. The van der Waals surface area contributed by atoms with Crippen molar-refractivity contribution < 1.29 is 14.7 Å². The van der Waals surface area contributed by atoms with E-state index >= 15 is 0 Å². The molecular formula is C18H18N2O4. The third-order valence-electron chi connectivity index (χ3n) is 4.20. The Morgan fingerprint density at radius 1 is 1.08 bits per heavy atom. The number of anilines is 1. The molecule has 0 saturated heterocycles. The van der Waals surface area contributed by atoms with Crippen molar-refractivity contribution in [1.29, 1.82) is 0 Å². The van der Waals surface area contributed by atoms with Crippen molar-refractivity contribution in [1.82, 2.24) is 4.98 Å². The molecule has 1 heterocycles. The van der Waals surface area contributed by atoms with Gasteiger partial charge in [-0.3, -0.25) is 9.59 Å². The highest BCUT2D eigenvalue weighted by Gasteiger charge is 2.17. The van der Waals surface area contributed by atoms with Gasteiger partial charge in [0, 0.05) is 11.4 Å². The number of aromatic carboxylic acids is 1. The fourth-order valence-corrected chi connectivity index (χ4v) is 2.95. The van der Waals surface area contributed by atoms with E-state index < -0.39 is 17.4 Å². The topological polar surface area (TPSA) is 99.3 Å². The van der Waals surface area contributed by atoms with E-state index in [0.29, 0.717) is 5.69 Å². The summed E-state index contributed by atoms with van der Waals surface area (Å²) in [6.45, 7) is 0. The van der Waals surface area contributed by atoms with E-state index in [1.54, 1.807) is 18.2 Å². The van der Waals surface area contributed by atoms with Crippen molar-refractivity contribution in [2.24, 2.45) is 0 Å². The van der Waals surface area contributed by atoms with Crippen LogP contribution in [0.25, 0.3) is 0 Å². The summed E-state index contributed by atoms with van der Waals surface area (Å²) in [4.78, 5) is 38.4. The number of pyridine rings is 1. The summed E-state index contributed by atoms with van der Waals surface area (Å²) in [5.74, 6) is -1.61. The van der Waals surface area contributed by atoms with Crippen LogP contribution in [0.5, 0.6) is 0 Å². The molecule has 1 aromatic carbocycles. The van der Waals surface area contributed by atoms with Gasteiger partial charge in [-0.1, -0.05) is 12.5 Å². The van der Waals surface area contributed by atoms with E-state index in [2.05, 4.69) is 10.3 Å². The van der Waals surface area contributed by atoms with E-state index in [1.807, 2.05) is 0 Å². The Kier molecular flexibility index (Phi) is 4.46. The van der Waals surface area contributed by atoms with Crippen LogP contribution in [-0.4, -0.2) is 22.0 Å². The average Bonchev–Trinajstić information content (AvgIpc) is 2.79. The normalized spacial score (nSPS) is 13.7. The summed E-state index contributed by atoms with van der Waals surface area (Å²) in [6, 6.07) is 7.59. The third kappa shape index (κ3) is 3.37. The first-order valence-corrected chi connectivity index (χ1v) is 7.94. The van der Waals surface area contributed by atoms with E-state index in [0.717, 1.165) is 43.4 Å². The number of carboxylic acid groups (broad SMARTS) is 1. The molecule has 0 radical (unpaired) electrons. The maximum Gasteiger partial charge on any atom is 0.335 e. The van der Waals surface area contributed by atoms with Gasteiger partial charge in [-0.2, -0.15) is 0 Å². The fourth-order valence-electron chi connectivity index (χ4n) is 2.95. The van der Waals surface area contributed by atoms with Gasteiger partial charge in [0.05, 0.1) is 5.56 Å². The number of rotatable bonds is 3. The van der Waals surface area contributed by atoms with Gasteiger partial charge >= 0.3 is 5.97 Å². The maximum absolute atomic E-state index is 12.4. The van der Waals surface area contributed by atoms with Crippen molar-refractivity contribution >= 4 is 17.6 Å². The third-order valence-corrected chi connectivity index (χ3v) is 4.20. The maximum atomic E-state index is 12.4. The molecule has 0 fully saturated rings. The van der Waals surface area contributed by atoms with E-state index in [-0.39, 0.29) is 11.1 Å². The number of carbonyl (C=O) groups excluding carboxylic acids is 1. The molecule has 0 atom stereocenters. The minimum Gasteiger partial charge on any atom is -0.478 e. The summed E-state index contributed by atoms with van der Waals surface area (Å²) < 4.78 is 0. The number of hydrogen-bond donors (Lipinski definition) is 3. The van der Waals surface area contributed by atoms with Crippen LogP contribution in [0.1, 0.15) is 51.2 Å². The fraction of sp³-hybridized carbons (Fsp3) is 0.278. The zero-order valence-electron chi connectivity index (χ0n) is 13.1. The molecule has 1 aliphatic carbocycles. The summed E-state index contributed by atoms with van der Waals surface area (Å²) in [6.07, 6.45) is 4.87. The second-order valence-corrected chi connectivity index (χ2v) is 5.92. The molecule has 24 heavy (non-hydrogen) atoms. The molecule has 1 aromatic heterocycles. The molecule has 0 aliphatic heterocycles. The number of aryl methyl sites for hydroxylation is 2. The molecular weight excluding hydrogens is 308 g/mol. The summed E-state index contributed by atoms with van der Waals surface area (Å²) in [5.41, 5.74) is 1.98. The highest BCUT2D eigenvalue weighted by molar-refractivity contribution is 6.04. The lowest BCUT2D eigenvalue weighted by atomic mass is 10.1. The predicted molar refractivity (Wildman–Crippen MR) is 89.7 cm³/mol. The lowest BCUT2D eigenvalue weighted by Crippen LogP contribution is -2.25. The molecule has 124 valence electrons. The average molecular weight is 326 g/mol. The summed E-state index contributed by atoms with van der Waals surface area (Å²) in [5, 5.41) is 11.6. The number of amides is 1. The Morgan fingerprint density at radius 2 is 1.88 bits per heavy atom. The Morgan fingerprint density at radius 3 is 2.67 bits per heavy atom. The van der Waals surface area contributed by atoms with Crippen molar-refractivity contribution in [3.8, 4) is 0 Å². The second-order valence-electron chi connectivity index (χ2n) is 5.92. The van der Waals surface area contributed by atoms with Crippen LogP contribution in [0.15, 0.2) is 35.1 Å². The van der Waals surface area contributed by atoms with Crippen molar-refractivity contribution in [2.75, 3.05) is 5.32 Å². The van der Waals surface area contributed by atoms with Crippen molar-refractivity contribution in [3.63, 3.8) is 0 Å². The zero-order valence-corrected chi connectivity index (χ0v) is 13.1. The Hall–Kier alpha value is -2.89. The minimum absolute atomic E-state index is 0.0522. The van der Waals surface area contributed by atoms with Crippen LogP contribution in [0.3, 0.4) is 0 Å². The number of fused-ring (bicyclic) bond motifs is 1. The SMILES string of the molecule is O=C(O)c1cccc(NC(=O)c2cc3c([nH]c2=O)CCCCC3)c1. The van der Waals surface area contributed by atoms with Gasteiger partial charge in [-0.25, -0.2) is 4.79 Å². The van der Waals surface area contributed by atoms with Gasteiger partial charge in [0.1, 0.15) is 5.56 Å².